The number of hydrogen-bond acceptors (Lipinski definition) is 5. The lowest BCUT2D eigenvalue weighted by molar-refractivity contribution is -0.389. The van der Waals surface area contributed by atoms with Gasteiger partial charge >= 0.3 is 5.82 Å². The van der Waals surface area contributed by atoms with Gasteiger partial charge in [0.2, 0.25) is 5.91 Å². The average Bonchev–Trinajstić information content (AvgIpc) is 3.08. The highest BCUT2D eigenvalue weighted by Gasteiger charge is 2.24. The number of carbonyl (C=O) groups excluding carboxylic acids is 1. The van der Waals surface area contributed by atoms with Crippen LogP contribution >= 0.6 is 0 Å². The fourth-order valence-electron chi connectivity index (χ4n) is 3.07. The average molecular weight is 362 g/mol. The molecule has 0 radical (unpaired) electrons. The number of aromatic nitrogens is 4. The Labute approximate surface area is 152 Å². The van der Waals surface area contributed by atoms with Crippen molar-refractivity contribution in [2.45, 2.75) is 54.3 Å². The third kappa shape index (κ3) is 3.92. The summed E-state index contributed by atoms with van der Waals surface area (Å²) in [7, 11) is 1.76. The molecule has 0 spiro atoms. The van der Waals surface area contributed by atoms with E-state index in [4.69, 9.17) is 0 Å². The van der Waals surface area contributed by atoms with Crippen LogP contribution in [0, 0.1) is 36.8 Å². The first-order chi connectivity index (χ1) is 12.1. The molecular weight excluding hydrogens is 336 g/mol. The third-order valence-corrected chi connectivity index (χ3v) is 4.63. The van der Waals surface area contributed by atoms with Gasteiger partial charge < -0.3 is 15.0 Å². The number of rotatable bonds is 7. The predicted molar refractivity (Wildman–Crippen MR) is 96.6 cm³/mol. The molecule has 0 aliphatic carbocycles. The van der Waals surface area contributed by atoms with Crippen LogP contribution in [0.5, 0.6) is 0 Å². The zero-order valence-electron chi connectivity index (χ0n) is 16.2. The Balaban J connectivity index is 2.08. The standard InChI is InChI=1S/C17H26N6O3/c1-7-21-14(5)15(13(4)18-21)10-20(6)17(24)11(2)9-22-12(3)8-16(19-22)23(25)26/h8,11H,7,9-10H2,1-6H3. The Morgan fingerprint density at radius 1 is 1.31 bits per heavy atom. The van der Waals surface area contributed by atoms with Gasteiger partial charge in [-0.2, -0.15) is 9.78 Å². The zero-order chi connectivity index (χ0) is 19.6. The zero-order valence-corrected chi connectivity index (χ0v) is 16.2. The first kappa shape index (κ1) is 19.6. The molecule has 142 valence electrons. The van der Waals surface area contributed by atoms with E-state index >= 15 is 0 Å². The van der Waals surface area contributed by atoms with E-state index in [9.17, 15) is 14.9 Å². The van der Waals surface area contributed by atoms with Crippen LogP contribution in [0.1, 0.15) is 36.5 Å². The highest BCUT2D eigenvalue weighted by molar-refractivity contribution is 5.78. The summed E-state index contributed by atoms with van der Waals surface area (Å²) in [6, 6.07) is 1.41. The van der Waals surface area contributed by atoms with Gasteiger partial charge in [0.05, 0.1) is 35.0 Å². The maximum absolute atomic E-state index is 12.7. The van der Waals surface area contributed by atoms with Gasteiger partial charge in [0, 0.05) is 31.4 Å². The van der Waals surface area contributed by atoms with Crippen LogP contribution in [0.15, 0.2) is 6.07 Å². The molecule has 0 bridgehead atoms. The van der Waals surface area contributed by atoms with Gasteiger partial charge in [0.25, 0.3) is 0 Å². The first-order valence-electron chi connectivity index (χ1n) is 8.62. The molecular formula is C17H26N6O3. The summed E-state index contributed by atoms with van der Waals surface area (Å²) in [6.45, 7) is 11.1. The van der Waals surface area contributed by atoms with Gasteiger partial charge in [-0.05, 0) is 32.6 Å². The summed E-state index contributed by atoms with van der Waals surface area (Å²) >= 11 is 0. The van der Waals surface area contributed by atoms with Crippen molar-refractivity contribution in [1.29, 1.82) is 0 Å². The molecule has 26 heavy (non-hydrogen) atoms. The molecule has 2 aromatic heterocycles. The Bertz CT molecular complexity index is 823. The maximum Gasteiger partial charge on any atom is 0.390 e. The van der Waals surface area contributed by atoms with Gasteiger partial charge in [-0.25, -0.2) is 0 Å². The number of amides is 1. The van der Waals surface area contributed by atoms with Crippen LogP contribution in [0.2, 0.25) is 0 Å². The van der Waals surface area contributed by atoms with E-state index in [1.807, 2.05) is 25.5 Å². The normalized spacial score (nSPS) is 12.2. The third-order valence-electron chi connectivity index (χ3n) is 4.63. The van der Waals surface area contributed by atoms with E-state index in [0.717, 1.165) is 23.5 Å². The van der Waals surface area contributed by atoms with Crippen LogP contribution in [0.3, 0.4) is 0 Å². The number of nitrogens with zero attached hydrogens (tertiary/aromatic N) is 6. The summed E-state index contributed by atoms with van der Waals surface area (Å²) < 4.78 is 3.44. The molecule has 2 aromatic rings. The topological polar surface area (TPSA) is 99.1 Å². The summed E-state index contributed by atoms with van der Waals surface area (Å²) in [5.74, 6) is -0.584. The second-order valence-corrected chi connectivity index (χ2v) is 6.64. The first-order valence-corrected chi connectivity index (χ1v) is 8.62. The Morgan fingerprint density at radius 2 is 1.96 bits per heavy atom. The minimum Gasteiger partial charge on any atom is -0.358 e. The molecule has 0 saturated carbocycles. The largest absolute Gasteiger partial charge is 0.390 e. The van der Waals surface area contributed by atoms with Crippen molar-refractivity contribution in [3.8, 4) is 0 Å². The van der Waals surface area contributed by atoms with Gasteiger partial charge in [0.15, 0.2) is 0 Å². The molecule has 1 amide bonds. The van der Waals surface area contributed by atoms with Crippen LogP contribution in [0.25, 0.3) is 0 Å². The highest BCUT2D eigenvalue weighted by Crippen LogP contribution is 2.18. The molecule has 2 rings (SSSR count). The van der Waals surface area contributed by atoms with Gasteiger partial charge in [0.1, 0.15) is 0 Å². The van der Waals surface area contributed by atoms with Crippen molar-refractivity contribution >= 4 is 11.7 Å². The number of aryl methyl sites for hydroxylation is 3. The Kier molecular flexibility index (Phi) is 5.79. The van der Waals surface area contributed by atoms with E-state index in [1.165, 1.54) is 10.7 Å². The fraction of sp³-hybridized carbons (Fsp3) is 0.588. The quantitative estimate of drug-likeness (QED) is 0.555. The van der Waals surface area contributed by atoms with E-state index in [2.05, 4.69) is 10.2 Å². The summed E-state index contributed by atoms with van der Waals surface area (Å²) in [6.07, 6.45) is 0. The minimum atomic E-state index is -0.529. The van der Waals surface area contributed by atoms with Crippen LogP contribution < -0.4 is 0 Å². The minimum absolute atomic E-state index is 0.0365. The Morgan fingerprint density at radius 3 is 2.46 bits per heavy atom. The molecule has 2 heterocycles. The highest BCUT2D eigenvalue weighted by atomic mass is 16.6. The van der Waals surface area contributed by atoms with Gasteiger partial charge in [-0.3, -0.25) is 9.48 Å². The maximum atomic E-state index is 12.7. The molecule has 1 atom stereocenters. The molecule has 9 heteroatoms. The van der Waals surface area contributed by atoms with E-state index in [0.29, 0.717) is 18.8 Å². The van der Waals surface area contributed by atoms with Gasteiger partial charge in [-0.1, -0.05) is 6.92 Å². The SMILES string of the molecule is CCn1nc(C)c(CN(C)C(=O)C(C)Cn2nc([N+](=O)[O-])cc2C)c1C. The predicted octanol–water partition coefficient (Wildman–Crippen LogP) is 2.23. The smallest absolute Gasteiger partial charge is 0.358 e. The molecule has 1 unspecified atom stereocenters. The van der Waals surface area contributed by atoms with Crippen LogP contribution in [-0.4, -0.2) is 42.3 Å². The molecule has 0 aromatic carbocycles. The van der Waals surface area contributed by atoms with Crippen molar-refractivity contribution in [3.63, 3.8) is 0 Å². The summed E-state index contributed by atoms with van der Waals surface area (Å²) in [5.41, 5.74) is 3.71. The lowest BCUT2D eigenvalue weighted by atomic mass is 10.1. The van der Waals surface area contributed by atoms with Crippen molar-refractivity contribution in [2.75, 3.05) is 7.05 Å². The number of carbonyl (C=O) groups is 1. The van der Waals surface area contributed by atoms with E-state index in [1.54, 1.807) is 25.8 Å². The molecule has 0 N–H and O–H groups in total. The summed E-state index contributed by atoms with van der Waals surface area (Å²) in [4.78, 5) is 24.7. The lowest BCUT2D eigenvalue weighted by Gasteiger charge is -2.21. The summed E-state index contributed by atoms with van der Waals surface area (Å²) in [5, 5.41) is 19.3. The van der Waals surface area contributed by atoms with Crippen molar-refractivity contribution in [2.24, 2.45) is 5.92 Å². The Hall–Kier alpha value is -2.71. The van der Waals surface area contributed by atoms with Crippen molar-refractivity contribution in [1.82, 2.24) is 24.5 Å². The number of hydrogen-bond donors (Lipinski definition) is 0. The lowest BCUT2D eigenvalue weighted by Crippen LogP contribution is -2.33. The number of nitro groups is 1. The molecule has 0 saturated heterocycles. The molecule has 9 nitrogen and oxygen atoms in total. The van der Waals surface area contributed by atoms with E-state index < -0.39 is 4.92 Å². The second-order valence-electron chi connectivity index (χ2n) is 6.64. The second kappa shape index (κ2) is 7.67. The molecule has 0 aliphatic rings. The molecule has 0 aliphatic heterocycles. The molecule has 0 fully saturated rings. The van der Waals surface area contributed by atoms with Crippen molar-refractivity contribution in [3.05, 3.63) is 38.8 Å². The van der Waals surface area contributed by atoms with Crippen LogP contribution in [0.4, 0.5) is 5.82 Å². The van der Waals surface area contributed by atoms with E-state index in [-0.39, 0.29) is 17.6 Å². The monoisotopic (exact) mass is 362 g/mol. The van der Waals surface area contributed by atoms with Gasteiger partial charge in [-0.15, -0.1) is 0 Å². The van der Waals surface area contributed by atoms with Crippen molar-refractivity contribution < 1.29 is 9.72 Å². The fourth-order valence-corrected chi connectivity index (χ4v) is 3.07. The van der Waals surface area contributed by atoms with Crippen LogP contribution in [-0.2, 0) is 24.4 Å².